The number of ether oxygens (including phenoxy) is 3. The van der Waals surface area contributed by atoms with E-state index < -0.39 is 0 Å². The highest BCUT2D eigenvalue weighted by atomic mass is 16.7. The minimum absolute atomic E-state index is 0.287. The van der Waals surface area contributed by atoms with E-state index in [-0.39, 0.29) is 6.79 Å². The Morgan fingerprint density at radius 1 is 1.05 bits per heavy atom. The molecule has 0 spiro atoms. The number of hydrogen-bond donors (Lipinski definition) is 0. The molecule has 4 heteroatoms. The number of hydrogen-bond acceptors (Lipinski definition) is 4. The van der Waals surface area contributed by atoms with Gasteiger partial charge in [-0.1, -0.05) is 30.3 Å². The van der Waals surface area contributed by atoms with Crippen molar-refractivity contribution < 1.29 is 14.2 Å². The molecule has 0 radical (unpaired) electrons. The van der Waals surface area contributed by atoms with E-state index in [0.29, 0.717) is 12.6 Å². The summed E-state index contributed by atoms with van der Waals surface area (Å²) in [7, 11) is 4.19. The second-order valence-corrected chi connectivity index (χ2v) is 5.54. The van der Waals surface area contributed by atoms with Gasteiger partial charge >= 0.3 is 0 Å². The lowest BCUT2D eigenvalue weighted by molar-refractivity contribution is 0.173. The summed E-state index contributed by atoms with van der Waals surface area (Å²) in [5.74, 6) is 2.35. The van der Waals surface area contributed by atoms with Crippen LogP contribution in [0.2, 0.25) is 0 Å². The molecule has 3 rings (SSSR count). The molecular weight excluding hydrogens is 278 g/mol. The minimum Gasteiger partial charge on any atom is -0.493 e. The molecule has 1 heterocycles. The van der Waals surface area contributed by atoms with E-state index >= 15 is 0 Å². The first-order chi connectivity index (χ1) is 10.7. The summed E-state index contributed by atoms with van der Waals surface area (Å²) in [6.45, 7) is 0.937. The lowest BCUT2D eigenvalue weighted by atomic mass is 10.0. The molecule has 1 aliphatic heterocycles. The van der Waals surface area contributed by atoms with Crippen molar-refractivity contribution in [3.05, 3.63) is 54.1 Å². The van der Waals surface area contributed by atoms with Crippen molar-refractivity contribution in [3.8, 4) is 17.2 Å². The van der Waals surface area contributed by atoms with Gasteiger partial charge in [0.25, 0.3) is 0 Å². The third-order valence-corrected chi connectivity index (χ3v) is 3.81. The van der Waals surface area contributed by atoms with Crippen molar-refractivity contribution in [3.63, 3.8) is 0 Å². The fraction of sp³-hybridized carbons (Fsp3) is 0.333. The Morgan fingerprint density at radius 2 is 1.82 bits per heavy atom. The van der Waals surface area contributed by atoms with Gasteiger partial charge in [-0.3, -0.25) is 0 Å². The van der Waals surface area contributed by atoms with Crippen LogP contribution in [-0.4, -0.2) is 32.4 Å². The zero-order chi connectivity index (χ0) is 15.4. The molecule has 0 N–H and O–H groups in total. The predicted octanol–water partition coefficient (Wildman–Crippen LogP) is 3.49. The molecule has 0 saturated carbocycles. The van der Waals surface area contributed by atoms with Gasteiger partial charge in [0.05, 0.1) is 6.61 Å². The van der Waals surface area contributed by atoms with E-state index in [1.165, 1.54) is 5.56 Å². The quantitative estimate of drug-likeness (QED) is 0.817. The smallest absolute Gasteiger partial charge is 0.231 e. The Kier molecular flexibility index (Phi) is 4.49. The van der Waals surface area contributed by atoms with Crippen molar-refractivity contribution in [2.45, 2.75) is 12.5 Å². The third-order valence-electron chi connectivity index (χ3n) is 3.81. The summed E-state index contributed by atoms with van der Waals surface area (Å²) in [5.41, 5.74) is 1.31. The Hall–Kier alpha value is -2.20. The summed E-state index contributed by atoms with van der Waals surface area (Å²) in [6, 6.07) is 16.5. The molecule has 1 unspecified atom stereocenters. The van der Waals surface area contributed by atoms with E-state index in [0.717, 1.165) is 23.7 Å². The number of benzene rings is 2. The van der Waals surface area contributed by atoms with E-state index in [1.807, 2.05) is 24.3 Å². The molecule has 116 valence electrons. The Labute approximate surface area is 131 Å². The first-order valence-corrected chi connectivity index (χ1v) is 7.48. The van der Waals surface area contributed by atoms with Crippen molar-refractivity contribution in [2.75, 3.05) is 27.5 Å². The normalized spacial score (nSPS) is 14.1. The van der Waals surface area contributed by atoms with E-state index in [2.05, 4.69) is 43.3 Å². The maximum absolute atomic E-state index is 5.87. The number of rotatable bonds is 6. The molecule has 0 aliphatic carbocycles. The zero-order valence-electron chi connectivity index (χ0n) is 13.0. The molecule has 0 saturated heterocycles. The molecule has 1 atom stereocenters. The van der Waals surface area contributed by atoms with Crippen LogP contribution in [0, 0.1) is 0 Å². The van der Waals surface area contributed by atoms with Gasteiger partial charge in [-0.15, -0.1) is 0 Å². The zero-order valence-corrected chi connectivity index (χ0v) is 13.0. The molecule has 22 heavy (non-hydrogen) atoms. The summed E-state index contributed by atoms with van der Waals surface area (Å²) in [5, 5.41) is 0. The van der Waals surface area contributed by atoms with Gasteiger partial charge in [0.15, 0.2) is 11.5 Å². The van der Waals surface area contributed by atoms with Gasteiger partial charge in [0.1, 0.15) is 5.75 Å². The van der Waals surface area contributed by atoms with Gasteiger partial charge in [-0.2, -0.15) is 0 Å². The van der Waals surface area contributed by atoms with Crippen LogP contribution < -0.4 is 14.2 Å². The molecule has 2 aromatic carbocycles. The van der Waals surface area contributed by atoms with Crippen LogP contribution in [0.1, 0.15) is 18.0 Å². The lowest BCUT2D eigenvalue weighted by Gasteiger charge is -2.24. The lowest BCUT2D eigenvalue weighted by Crippen LogP contribution is -2.22. The maximum Gasteiger partial charge on any atom is 0.231 e. The Balaban J connectivity index is 1.59. The third kappa shape index (κ3) is 3.34. The van der Waals surface area contributed by atoms with E-state index in [9.17, 15) is 0 Å². The van der Waals surface area contributed by atoms with Crippen LogP contribution in [0.5, 0.6) is 17.2 Å². The Bertz CT molecular complexity index is 613. The van der Waals surface area contributed by atoms with Gasteiger partial charge in [0.2, 0.25) is 6.79 Å². The van der Waals surface area contributed by atoms with Crippen molar-refractivity contribution in [1.29, 1.82) is 0 Å². The monoisotopic (exact) mass is 299 g/mol. The standard InChI is InChI=1S/C18H21NO3/c1-19(2)16(14-6-4-3-5-7-14)10-11-20-15-8-9-17-18(12-15)22-13-21-17/h3-9,12,16H,10-11,13H2,1-2H3. The van der Waals surface area contributed by atoms with Crippen molar-refractivity contribution in [2.24, 2.45) is 0 Å². The van der Waals surface area contributed by atoms with Crippen LogP contribution in [0.15, 0.2) is 48.5 Å². The molecule has 0 amide bonds. The summed E-state index contributed by atoms with van der Waals surface area (Å²) >= 11 is 0. The molecule has 2 aromatic rings. The van der Waals surface area contributed by atoms with Gasteiger partial charge in [-0.05, 0) is 31.8 Å². The molecular formula is C18H21NO3. The summed E-state index contributed by atoms with van der Waals surface area (Å²) < 4.78 is 16.5. The molecule has 4 nitrogen and oxygen atoms in total. The molecule has 0 bridgehead atoms. The molecule has 0 aromatic heterocycles. The highest BCUT2D eigenvalue weighted by molar-refractivity contribution is 5.46. The summed E-state index contributed by atoms with van der Waals surface area (Å²) in [4.78, 5) is 2.22. The van der Waals surface area contributed by atoms with Crippen LogP contribution in [0.25, 0.3) is 0 Å². The SMILES string of the molecule is CN(C)C(CCOc1ccc2c(c1)OCO2)c1ccccc1. The Morgan fingerprint density at radius 3 is 2.59 bits per heavy atom. The maximum atomic E-state index is 5.87. The van der Waals surface area contributed by atoms with Crippen molar-refractivity contribution in [1.82, 2.24) is 4.90 Å². The first kappa shape index (κ1) is 14.7. The fourth-order valence-electron chi connectivity index (χ4n) is 2.65. The highest BCUT2D eigenvalue weighted by Crippen LogP contribution is 2.35. The highest BCUT2D eigenvalue weighted by Gasteiger charge is 2.16. The van der Waals surface area contributed by atoms with Gasteiger partial charge < -0.3 is 19.1 Å². The van der Waals surface area contributed by atoms with Crippen molar-refractivity contribution >= 4 is 0 Å². The average molecular weight is 299 g/mol. The van der Waals surface area contributed by atoms with Crippen LogP contribution >= 0.6 is 0 Å². The minimum atomic E-state index is 0.287. The first-order valence-electron chi connectivity index (χ1n) is 7.48. The topological polar surface area (TPSA) is 30.9 Å². The molecule has 0 fully saturated rings. The second-order valence-electron chi connectivity index (χ2n) is 5.54. The molecule has 1 aliphatic rings. The number of fused-ring (bicyclic) bond motifs is 1. The largest absolute Gasteiger partial charge is 0.493 e. The fourth-order valence-corrected chi connectivity index (χ4v) is 2.65. The van der Waals surface area contributed by atoms with E-state index in [4.69, 9.17) is 14.2 Å². The van der Waals surface area contributed by atoms with Gasteiger partial charge in [-0.25, -0.2) is 0 Å². The van der Waals surface area contributed by atoms with E-state index in [1.54, 1.807) is 0 Å². The predicted molar refractivity (Wildman–Crippen MR) is 85.5 cm³/mol. The average Bonchev–Trinajstić information content (AvgIpc) is 2.99. The van der Waals surface area contributed by atoms with Crippen LogP contribution in [0.3, 0.4) is 0 Å². The van der Waals surface area contributed by atoms with Gasteiger partial charge in [0, 0.05) is 18.5 Å². The van der Waals surface area contributed by atoms with Crippen LogP contribution in [-0.2, 0) is 0 Å². The number of nitrogens with zero attached hydrogens (tertiary/aromatic N) is 1. The second kappa shape index (κ2) is 6.71. The summed E-state index contributed by atoms with van der Waals surface area (Å²) in [6.07, 6.45) is 0.922. The van der Waals surface area contributed by atoms with Crippen LogP contribution in [0.4, 0.5) is 0 Å².